The predicted octanol–water partition coefficient (Wildman–Crippen LogP) is 3.12. The van der Waals surface area contributed by atoms with Gasteiger partial charge in [0.2, 0.25) is 10.0 Å². The summed E-state index contributed by atoms with van der Waals surface area (Å²) in [6, 6.07) is 10.0. The fraction of sp³-hybridized carbons (Fsp3) is 0.389. The molecule has 0 unspecified atom stereocenters. The van der Waals surface area contributed by atoms with Crippen molar-refractivity contribution in [2.75, 3.05) is 25.9 Å². The van der Waals surface area contributed by atoms with Gasteiger partial charge in [-0.1, -0.05) is 36.8 Å². The number of thiophene rings is 1. The number of nitrogens with zero attached hydrogens (tertiary/aromatic N) is 1. The summed E-state index contributed by atoms with van der Waals surface area (Å²) in [6.45, 7) is 5.12. The first-order valence-corrected chi connectivity index (χ1v) is 10.9. The molecule has 25 heavy (non-hydrogen) atoms. The Labute approximate surface area is 153 Å². The Balaban J connectivity index is 1.94. The van der Waals surface area contributed by atoms with Gasteiger partial charge in [-0.3, -0.25) is 4.79 Å². The van der Waals surface area contributed by atoms with Crippen molar-refractivity contribution >= 4 is 27.3 Å². The van der Waals surface area contributed by atoms with Crippen molar-refractivity contribution in [3.63, 3.8) is 0 Å². The van der Waals surface area contributed by atoms with Gasteiger partial charge in [0.15, 0.2) is 0 Å². The molecule has 136 valence electrons. The van der Waals surface area contributed by atoms with E-state index in [9.17, 15) is 13.2 Å². The third-order valence-electron chi connectivity index (χ3n) is 3.93. The van der Waals surface area contributed by atoms with E-state index in [2.05, 4.69) is 5.32 Å². The van der Waals surface area contributed by atoms with Crippen molar-refractivity contribution in [3.8, 4) is 11.1 Å². The van der Waals surface area contributed by atoms with Crippen LogP contribution in [0.1, 0.15) is 28.6 Å². The molecule has 2 aromatic rings. The van der Waals surface area contributed by atoms with Gasteiger partial charge in [0.25, 0.3) is 5.91 Å². The molecule has 0 bridgehead atoms. The van der Waals surface area contributed by atoms with Gasteiger partial charge in [0.05, 0.1) is 11.1 Å². The number of amides is 1. The molecule has 1 aromatic heterocycles. The first kappa shape index (κ1) is 19.6. The average molecular weight is 381 g/mol. The van der Waals surface area contributed by atoms with E-state index in [1.807, 2.05) is 42.6 Å². The normalized spacial score (nSPS) is 11.7. The Morgan fingerprint density at radius 1 is 1.20 bits per heavy atom. The number of rotatable bonds is 8. The number of benzene rings is 1. The summed E-state index contributed by atoms with van der Waals surface area (Å²) in [6.07, 6.45) is 1.78. The van der Waals surface area contributed by atoms with E-state index in [0.29, 0.717) is 30.9 Å². The first-order chi connectivity index (χ1) is 11.8. The van der Waals surface area contributed by atoms with Crippen LogP contribution >= 0.6 is 11.3 Å². The fourth-order valence-electron chi connectivity index (χ4n) is 2.54. The number of hydrogen-bond donors (Lipinski definition) is 1. The van der Waals surface area contributed by atoms with Gasteiger partial charge in [0.1, 0.15) is 0 Å². The summed E-state index contributed by atoms with van der Waals surface area (Å²) in [5.41, 5.74) is 3.12. The molecule has 7 heteroatoms. The lowest BCUT2D eigenvalue weighted by atomic mass is 10.0. The van der Waals surface area contributed by atoms with Gasteiger partial charge in [0, 0.05) is 25.2 Å². The summed E-state index contributed by atoms with van der Waals surface area (Å²) in [5, 5.41) is 4.80. The van der Waals surface area contributed by atoms with Crippen molar-refractivity contribution in [3.05, 3.63) is 46.2 Å². The van der Waals surface area contributed by atoms with Crippen LogP contribution in [0.3, 0.4) is 0 Å². The Hall–Kier alpha value is -1.70. The van der Waals surface area contributed by atoms with E-state index in [1.165, 1.54) is 27.5 Å². The van der Waals surface area contributed by atoms with Crippen molar-refractivity contribution in [1.82, 2.24) is 9.62 Å². The molecule has 2 rings (SSSR count). The summed E-state index contributed by atoms with van der Waals surface area (Å²) in [4.78, 5) is 13.1. The molecule has 0 atom stereocenters. The number of nitrogens with one attached hydrogen (secondary N) is 1. The molecular formula is C18H24N2O3S2. The Kier molecular flexibility index (Phi) is 6.75. The quantitative estimate of drug-likeness (QED) is 0.716. The minimum Gasteiger partial charge on any atom is -0.351 e. The maximum atomic E-state index is 12.4. The second-order valence-corrected chi connectivity index (χ2v) is 8.79. The number of carbonyl (C=O) groups excluding carboxylic acids is 1. The molecular weight excluding hydrogens is 356 g/mol. The van der Waals surface area contributed by atoms with E-state index in [4.69, 9.17) is 0 Å². The SMILES string of the molecule is CCN(CCCNC(=O)c1sccc1-c1ccc(C)cc1)S(C)(=O)=O. The van der Waals surface area contributed by atoms with Crippen LogP contribution in [0.4, 0.5) is 0 Å². The number of aryl methyl sites for hydroxylation is 1. The molecule has 1 aromatic carbocycles. The first-order valence-electron chi connectivity index (χ1n) is 8.20. The van der Waals surface area contributed by atoms with Gasteiger partial charge in [-0.25, -0.2) is 12.7 Å². The summed E-state index contributed by atoms with van der Waals surface area (Å²) in [5.74, 6) is -0.118. The average Bonchev–Trinajstić information content (AvgIpc) is 3.03. The van der Waals surface area contributed by atoms with Crippen LogP contribution in [0.2, 0.25) is 0 Å². The van der Waals surface area contributed by atoms with Crippen LogP contribution in [0.5, 0.6) is 0 Å². The molecule has 5 nitrogen and oxygen atoms in total. The smallest absolute Gasteiger partial charge is 0.261 e. The molecule has 0 spiro atoms. The highest BCUT2D eigenvalue weighted by Gasteiger charge is 2.16. The topological polar surface area (TPSA) is 66.5 Å². The molecule has 0 aliphatic heterocycles. The molecule has 0 radical (unpaired) electrons. The number of hydrogen-bond acceptors (Lipinski definition) is 4. The van der Waals surface area contributed by atoms with Gasteiger partial charge < -0.3 is 5.32 Å². The molecule has 0 saturated heterocycles. The minimum absolute atomic E-state index is 0.118. The van der Waals surface area contributed by atoms with Gasteiger partial charge in [-0.15, -0.1) is 11.3 Å². The zero-order chi connectivity index (χ0) is 18.4. The van der Waals surface area contributed by atoms with Crippen molar-refractivity contribution in [2.24, 2.45) is 0 Å². The third kappa shape index (κ3) is 5.39. The zero-order valence-electron chi connectivity index (χ0n) is 14.8. The van der Waals surface area contributed by atoms with Crippen LogP contribution in [0.15, 0.2) is 35.7 Å². The maximum absolute atomic E-state index is 12.4. The van der Waals surface area contributed by atoms with Crippen molar-refractivity contribution in [2.45, 2.75) is 20.3 Å². The standard InChI is InChI=1S/C18H24N2O3S2/c1-4-20(25(3,22)23)12-5-11-19-18(21)17-16(10-13-24-17)15-8-6-14(2)7-9-15/h6-10,13H,4-5,11-12H2,1-3H3,(H,19,21). The monoisotopic (exact) mass is 380 g/mol. The maximum Gasteiger partial charge on any atom is 0.261 e. The highest BCUT2D eigenvalue weighted by atomic mass is 32.2. The molecule has 0 saturated carbocycles. The molecule has 1 amide bonds. The highest BCUT2D eigenvalue weighted by molar-refractivity contribution is 7.88. The Morgan fingerprint density at radius 2 is 1.88 bits per heavy atom. The lowest BCUT2D eigenvalue weighted by molar-refractivity contribution is 0.0957. The summed E-state index contributed by atoms with van der Waals surface area (Å²) in [7, 11) is -3.18. The lowest BCUT2D eigenvalue weighted by Crippen LogP contribution is -2.33. The van der Waals surface area contributed by atoms with Crippen LogP contribution < -0.4 is 5.32 Å². The van der Waals surface area contributed by atoms with E-state index < -0.39 is 10.0 Å². The van der Waals surface area contributed by atoms with Crippen molar-refractivity contribution < 1.29 is 13.2 Å². The van der Waals surface area contributed by atoms with Crippen LogP contribution in [0.25, 0.3) is 11.1 Å². The number of sulfonamides is 1. The van der Waals surface area contributed by atoms with E-state index >= 15 is 0 Å². The third-order valence-corrected chi connectivity index (χ3v) is 6.22. The molecule has 1 N–H and O–H groups in total. The van der Waals surface area contributed by atoms with Crippen LogP contribution in [0, 0.1) is 6.92 Å². The van der Waals surface area contributed by atoms with Gasteiger partial charge in [-0.05, 0) is 30.4 Å². The van der Waals surface area contributed by atoms with Crippen LogP contribution in [-0.4, -0.2) is 44.5 Å². The predicted molar refractivity (Wildman–Crippen MR) is 104 cm³/mol. The summed E-state index contributed by atoms with van der Waals surface area (Å²) < 4.78 is 24.5. The number of carbonyl (C=O) groups is 1. The summed E-state index contributed by atoms with van der Waals surface area (Å²) >= 11 is 1.41. The largest absolute Gasteiger partial charge is 0.351 e. The molecule has 0 aliphatic carbocycles. The van der Waals surface area contributed by atoms with Crippen LogP contribution in [-0.2, 0) is 10.0 Å². The van der Waals surface area contributed by atoms with Gasteiger partial charge in [-0.2, -0.15) is 0 Å². The molecule has 0 fully saturated rings. The zero-order valence-corrected chi connectivity index (χ0v) is 16.4. The highest BCUT2D eigenvalue weighted by Crippen LogP contribution is 2.28. The lowest BCUT2D eigenvalue weighted by Gasteiger charge is -2.17. The minimum atomic E-state index is -3.18. The fourth-order valence-corrected chi connectivity index (χ4v) is 4.30. The van der Waals surface area contributed by atoms with E-state index in [1.54, 1.807) is 6.92 Å². The van der Waals surface area contributed by atoms with E-state index in [-0.39, 0.29) is 5.91 Å². The molecule has 0 aliphatic rings. The van der Waals surface area contributed by atoms with Crippen molar-refractivity contribution in [1.29, 1.82) is 0 Å². The molecule has 1 heterocycles. The second kappa shape index (κ2) is 8.60. The Morgan fingerprint density at radius 3 is 2.48 bits per heavy atom. The second-order valence-electron chi connectivity index (χ2n) is 5.89. The van der Waals surface area contributed by atoms with E-state index in [0.717, 1.165) is 11.1 Å². The Bertz CT molecular complexity index is 811. The van der Waals surface area contributed by atoms with Gasteiger partial charge >= 0.3 is 0 Å².